The fourth-order valence-corrected chi connectivity index (χ4v) is 2.88. The van der Waals surface area contributed by atoms with Crippen molar-refractivity contribution in [2.75, 3.05) is 28.4 Å². The number of aldehydes is 1. The number of benzene rings is 2. The Labute approximate surface area is 165 Å². The Balaban J connectivity index is 2.19. The minimum Gasteiger partial charge on any atom is -0.493 e. The van der Waals surface area contributed by atoms with Crippen LogP contribution in [0, 0.1) is 0 Å². The summed E-state index contributed by atoms with van der Waals surface area (Å²) in [6.07, 6.45) is 4.37. The highest BCUT2D eigenvalue weighted by atomic mass is 16.5. The van der Waals surface area contributed by atoms with Gasteiger partial charge in [0.1, 0.15) is 12.4 Å². The van der Waals surface area contributed by atoms with E-state index in [0.29, 0.717) is 35.2 Å². The van der Waals surface area contributed by atoms with E-state index in [1.807, 2.05) is 37.3 Å². The van der Waals surface area contributed by atoms with Crippen LogP contribution in [0.15, 0.2) is 36.4 Å². The van der Waals surface area contributed by atoms with E-state index in [9.17, 15) is 4.79 Å². The first-order valence-corrected chi connectivity index (χ1v) is 8.81. The predicted octanol–water partition coefficient (Wildman–Crippen LogP) is 3.94. The molecule has 0 fully saturated rings. The summed E-state index contributed by atoms with van der Waals surface area (Å²) in [4.78, 5) is 10.5. The summed E-state index contributed by atoms with van der Waals surface area (Å²) >= 11 is 0. The van der Waals surface area contributed by atoms with Crippen LogP contribution in [0.1, 0.15) is 18.1 Å². The Morgan fingerprint density at radius 2 is 1.50 bits per heavy atom. The van der Waals surface area contributed by atoms with Gasteiger partial charge in [0.05, 0.1) is 28.4 Å². The normalized spacial score (nSPS) is 11.8. The highest BCUT2D eigenvalue weighted by Crippen LogP contribution is 2.38. The number of methoxy groups -OCH3 is 4. The fourth-order valence-electron chi connectivity index (χ4n) is 2.88. The first-order chi connectivity index (χ1) is 13.6. The van der Waals surface area contributed by atoms with Crippen molar-refractivity contribution >= 4 is 12.4 Å². The Morgan fingerprint density at radius 1 is 0.857 bits per heavy atom. The van der Waals surface area contributed by atoms with Crippen LogP contribution < -0.4 is 23.7 Å². The molecule has 0 aliphatic carbocycles. The van der Waals surface area contributed by atoms with Crippen LogP contribution >= 0.6 is 0 Å². The van der Waals surface area contributed by atoms with E-state index >= 15 is 0 Å². The molecule has 1 atom stereocenters. The highest BCUT2D eigenvalue weighted by Gasteiger charge is 2.16. The zero-order valence-corrected chi connectivity index (χ0v) is 16.9. The standard InChI is InChI=1S/C22H26O6/c1-15(11-17-13-20(25-3)22(27-5)21(14-17)26-4)28-18-9-8-16(7-6-10-23)12-19(18)24-2/h6-10,12-15H,11H2,1-5H3/t15-/m1/s1. The van der Waals surface area contributed by atoms with Gasteiger partial charge in [-0.15, -0.1) is 0 Å². The number of hydrogen-bond acceptors (Lipinski definition) is 6. The lowest BCUT2D eigenvalue weighted by Crippen LogP contribution is -2.16. The van der Waals surface area contributed by atoms with E-state index in [4.69, 9.17) is 23.7 Å². The molecule has 2 aromatic rings. The maximum Gasteiger partial charge on any atom is 0.203 e. The summed E-state index contributed by atoms with van der Waals surface area (Å²) in [6.45, 7) is 1.98. The van der Waals surface area contributed by atoms with Crippen molar-refractivity contribution in [1.82, 2.24) is 0 Å². The second-order valence-corrected chi connectivity index (χ2v) is 6.07. The molecular formula is C22H26O6. The molecule has 0 saturated carbocycles. The van der Waals surface area contributed by atoms with Gasteiger partial charge in [0, 0.05) is 6.42 Å². The minimum atomic E-state index is -0.131. The molecule has 6 nitrogen and oxygen atoms in total. The molecule has 0 bridgehead atoms. The third-order valence-corrected chi connectivity index (χ3v) is 4.13. The van der Waals surface area contributed by atoms with Crippen molar-refractivity contribution in [3.05, 3.63) is 47.5 Å². The zero-order chi connectivity index (χ0) is 20.5. The lowest BCUT2D eigenvalue weighted by molar-refractivity contribution is -0.104. The van der Waals surface area contributed by atoms with Gasteiger partial charge < -0.3 is 23.7 Å². The largest absolute Gasteiger partial charge is 0.493 e. The van der Waals surface area contributed by atoms with Crippen molar-refractivity contribution in [2.45, 2.75) is 19.4 Å². The van der Waals surface area contributed by atoms with Gasteiger partial charge in [-0.05, 0) is 48.4 Å². The molecular weight excluding hydrogens is 360 g/mol. The van der Waals surface area contributed by atoms with Crippen molar-refractivity contribution in [3.8, 4) is 28.7 Å². The SMILES string of the molecule is COc1cc(C=CC=O)ccc1O[C@H](C)Cc1cc(OC)c(OC)c(OC)c1. The molecule has 150 valence electrons. The molecule has 0 N–H and O–H groups in total. The summed E-state index contributed by atoms with van der Waals surface area (Å²) in [6, 6.07) is 9.33. The summed E-state index contributed by atoms with van der Waals surface area (Å²) < 4.78 is 27.7. The van der Waals surface area contributed by atoms with Crippen LogP contribution in [-0.4, -0.2) is 40.8 Å². The van der Waals surface area contributed by atoms with Gasteiger partial charge in [-0.3, -0.25) is 4.79 Å². The Morgan fingerprint density at radius 3 is 2.04 bits per heavy atom. The van der Waals surface area contributed by atoms with Gasteiger partial charge >= 0.3 is 0 Å². The van der Waals surface area contributed by atoms with E-state index < -0.39 is 0 Å². The summed E-state index contributed by atoms with van der Waals surface area (Å²) in [7, 11) is 6.34. The molecule has 28 heavy (non-hydrogen) atoms. The molecule has 0 heterocycles. The van der Waals surface area contributed by atoms with E-state index in [-0.39, 0.29) is 6.10 Å². The van der Waals surface area contributed by atoms with Crippen molar-refractivity contribution in [1.29, 1.82) is 0 Å². The molecule has 0 radical (unpaired) electrons. The topological polar surface area (TPSA) is 63.2 Å². The molecule has 0 spiro atoms. The van der Waals surface area contributed by atoms with E-state index in [1.165, 1.54) is 6.08 Å². The molecule has 0 aliphatic rings. The molecule has 2 aromatic carbocycles. The molecule has 0 amide bonds. The summed E-state index contributed by atoms with van der Waals surface area (Å²) in [5.74, 6) is 3.00. The monoisotopic (exact) mass is 386 g/mol. The summed E-state index contributed by atoms with van der Waals surface area (Å²) in [5.41, 5.74) is 1.85. The maximum absolute atomic E-state index is 10.5. The molecule has 2 rings (SSSR count). The zero-order valence-electron chi connectivity index (χ0n) is 16.9. The van der Waals surface area contributed by atoms with Crippen molar-refractivity contribution in [3.63, 3.8) is 0 Å². The second-order valence-electron chi connectivity index (χ2n) is 6.07. The Hall–Kier alpha value is -3.15. The van der Waals surface area contributed by atoms with Crippen molar-refractivity contribution in [2.24, 2.45) is 0 Å². The molecule has 0 saturated heterocycles. The number of hydrogen-bond donors (Lipinski definition) is 0. The number of carbonyl (C=O) groups excluding carboxylic acids is 1. The minimum absolute atomic E-state index is 0.131. The van der Waals surface area contributed by atoms with Gasteiger partial charge in [0.15, 0.2) is 23.0 Å². The van der Waals surface area contributed by atoms with Crippen LogP contribution in [0.3, 0.4) is 0 Å². The maximum atomic E-state index is 10.5. The van der Waals surface area contributed by atoms with Gasteiger partial charge in [-0.2, -0.15) is 0 Å². The number of carbonyl (C=O) groups is 1. The molecule has 0 aliphatic heterocycles. The van der Waals surface area contributed by atoms with Crippen LogP contribution in [0.5, 0.6) is 28.7 Å². The molecule has 0 aromatic heterocycles. The Kier molecular flexibility index (Phi) is 7.75. The van der Waals surface area contributed by atoms with Crippen LogP contribution in [0.2, 0.25) is 0 Å². The van der Waals surface area contributed by atoms with Crippen LogP contribution in [-0.2, 0) is 11.2 Å². The quantitative estimate of drug-likeness (QED) is 0.455. The Bertz CT molecular complexity index is 803. The average Bonchev–Trinajstić information content (AvgIpc) is 2.71. The lowest BCUT2D eigenvalue weighted by Gasteiger charge is -2.19. The number of rotatable bonds is 10. The molecule has 6 heteroatoms. The van der Waals surface area contributed by atoms with Crippen molar-refractivity contribution < 1.29 is 28.5 Å². The van der Waals surface area contributed by atoms with Crippen LogP contribution in [0.4, 0.5) is 0 Å². The fraction of sp³-hybridized carbons (Fsp3) is 0.318. The average molecular weight is 386 g/mol. The third kappa shape index (κ3) is 5.19. The first-order valence-electron chi connectivity index (χ1n) is 8.81. The number of ether oxygens (including phenoxy) is 5. The predicted molar refractivity (Wildman–Crippen MR) is 108 cm³/mol. The van der Waals surface area contributed by atoms with Crippen LogP contribution in [0.25, 0.3) is 6.08 Å². The lowest BCUT2D eigenvalue weighted by atomic mass is 10.1. The van der Waals surface area contributed by atoms with E-state index in [0.717, 1.165) is 17.4 Å². The van der Waals surface area contributed by atoms with Gasteiger partial charge in [0.2, 0.25) is 5.75 Å². The van der Waals surface area contributed by atoms with Gasteiger partial charge in [0.25, 0.3) is 0 Å². The smallest absolute Gasteiger partial charge is 0.203 e. The first kappa shape index (κ1) is 21.2. The van der Waals surface area contributed by atoms with Gasteiger partial charge in [-0.1, -0.05) is 12.1 Å². The van der Waals surface area contributed by atoms with Gasteiger partial charge in [-0.25, -0.2) is 0 Å². The number of allylic oxidation sites excluding steroid dienone is 1. The second kappa shape index (κ2) is 10.3. The van der Waals surface area contributed by atoms with E-state index in [2.05, 4.69) is 0 Å². The van der Waals surface area contributed by atoms with E-state index in [1.54, 1.807) is 34.5 Å². The molecule has 0 unspecified atom stereocenters. The highest BCUT2D eigenvalue weighted by molar-refractivity contribution is 5.74. The summed E-state index contributed by atoms with van der Waals surface area (Å²) in [5, 5.41) is 0. The third-order valence-electron chi connectivity index (χ3n) is 4.13.